The number of amides is 1. The molecule has 5 nitrogen and oxygen atoms in total. The van der Waals surface area contributed by atoms with Crippen molar-refractivity contribution in [3.8, 4) is 0 Å². The number of hydrogen-bond acceptors (Lipinski definition) is 4. The van der Waals surface area contributed by atoms with Crippen LogP contribution in [0.15, 0.2) is 36.8 Å². The second-order valence-electron chi connectivity index (χ2n) is 3.28. The van der Waals surface area contributed by atoms with Crippen molar-refractivity contribution in [1.29, 1.82) is 0 Å². The van der Waals surface area contributed by atoms with E-state index in [4.69, 9.17) is 5.73 Å². The molecule has 6 heteroatoms. The topological polar surface area (TPSA) is 80.9 Å². The maximum Gasteiger partial charge on any atom is 0.255 e. The molecule has 0 aromatic carbocycles. The summed E-state index contributed by atoms with van der Waals surface area (Å²) in [6, 6.07) is 4.27. The molecule has 0 saturated carbocycles. The Morgan fingerprint density at radius 2 is 2.18 bits per heavy atom. The van der Waals surface area contributed by atoms with Crippen LogP contribution >= 0.6 is 0 Å². The largest absolute Gasteiger partial charge is 0.384 e. The van der Waals surface area contributed by atoms with E-state index in [0.29, 0.717) is 5.56 Å². The Balaban J connectivity index is 2.20. The number of halogens is 1. The maximum atomic E-state index is 13.2. The number of nitrogens with zero attached hydrogens (tertiary/aromatic N) is 2. The van der Waals surface area contributed by atoms with Gasteiger partial charge in [-0.1, -0.05) is 0 Å². The molecule has 1 amide bonds. The molecule has 0 aliphatic carbocycles. The van der Waals surface area contributed by atoms with Crippen LogP contribution in [0.5, 0.6) is 0 Å². The van der Waals surface area contributed by atoms with Gasteiger partial charge < -0.3 is 11.1 Å². The zero-order valence-electron chi connectivity index (χ0n) is 8.72. The van der Waals surface area contributed by atoms with Crippen LogP contribution < -0.4 is 11.1 Å². The minimum Gasteiger partial charge on any atom is -0.384 e. The summed E-state index contributed by atoms with van der Waals surface area (Å²) in [5.41, 5.74) is 5.83. The third-order valence-electron chi connectivity index (χ3n) is 2.06. The fourth-order valence-electron chi connectivity index (χ4n) is 1.26. The Morgan fingerprint density at radius 1 is 1.35 bits per heavy atom. The van der Waals surface area contributed by atoms with Gasteiger partial charge >= 0.3 is 0 Å². The number of rotatable bonds is 2. The highest BCUT2D eigenvalue weighted by Crippen LogP contribution is 2.13. The smallest absolute Gasteiger partial charge is 0.255 e. The number of hydrogen-bond donors (Lipinski definition) is 2. The van der Waals surface area contributed by atoms with E-state index in [1.807, 2.05) is 0 Å². The second kappa shape index (κ2) is 4.56. The Hall–Kier alpha value is -2.50. The summed E-state index contributed by atoms with van der Waals surface area (Å²) in [4.78, 5) is 19.1. The van der Waals surface area contributed by atoms with Crippen LogP contribution in [0.4, 0.5) is 15.9 Å². The van der Waals surface area contributed by atoms with Crippen molar-refractivity contribution in [1.82, 2.24) is 9.97 Å². The Kier molecular flexibility index (Phi) is 2.95. The van der Waals surface area contributed by atoms with Gasteiger partial charge in [-0.3, -0.25) is 9.78 Å². The van der Waals surface area contributed by atoms with Gasteiger partial charge in [0.1, 0.15) is 5.82 Å². The molecular formula is C11H9FN4O. The normalized spacial score (nSPS) is 9.94. The molecule has 2 heterocycles. The number of carbonyl (C=O) groups is 1. The van der Waals surface area contributed by atoms with Gasteiger partial charge in [-0.2, -0.15) is 0 Å². The summed E-state index contributed by atoms with van der Waals surface area (Å²) in [5.74, 6) is -0.820. The molecule has 0 aliphatic rings. The molecule has 0 atom stereocenters. The van der Waals surface area contributed by atoms with E-state index in [9.17, 15) is 9.18 Å². The number of nitrogens with two attached hydrogens (primary N) is 1. The Labute approximate surface area is 96.5 Å². The van der Waals surface area contributed by atoms with E-state index >= 15 is 0 Å². The van der Waals surface area contributed by atoms with Gasteiger partial charge in [0, 0.05) is 18.0 Å². The third kappa shape index (κ3) is 2.54. The van der Waals surface area contributed by atoms with E-state index in [0.717, 1.165) is 6.20 Å². The summed E-state index contributed by atoms with van der Waals surface area (Å²) in [6.45, 7) is 0. The van der Waals surface area contributed by atoms with Crippen molar-refractivity contribution in [2.75, 3.05) is 11.1 Å². The summed E-state index contributed by atoms with van der Waals surface area (Å²) in [5, 5.41) is 2.42. The van der Waals surface area contributed by atoms with Gasteiger partial charge in [-0.15, -0.1) is 0 Å². The summed E-state index contributed by atoms with van der Waals surface area (Å²) in [6.07, 6.45) is 3.82. The number of pyridine rings is 2. The fourth-order valence-corrected chi connectivity index (χ4v) is 1.26. The standard InChI is InChI=1S/C11H9FN4O/c12-8-6-14-3-2-9(8)16-11(17)7-1-4-15-10(13)5-7/h1-6H,(H2,13,15)(H,14,16,17). The van der Waals surface area contributed by atoms with Crippen LogP contribution in [0.2, 0.25) is 0 Å². The van der Waals surface area contributed by atoms with Crippen molar-refractivity contribution >= 4 is 17.4 Å². The summed E-state index contributed by atoms with van der Waals surface area (Å²) < 4.78 is 13.2. The highest BCUT2D eigenvalue weighted by molar-refractivity contribution is 6.04. The highest BCUT2D eigenvalue weighted by Gasteiger charge is 2.09. The average Bonchev–Trinajstić information content (AvgIpc) is 2.32. The molecule has 0 bridgehead atoms. The maximum absolute atomic E-state index is 13.2. The van der Waals surface area contributed by atoms with Crippen LogP contribution in [0.3, 0.4) is 0 Å². The van der Waals surface area contributed by atoms with Gasteiger partial charge in [-0.25, -0.2) is 9.37 Å². The number of nitrogens with one attached hydrogen (secondary N) is 1. The van der Waals surface area contributed by atoms with E-state index in [2.05, 4.69) is 15.3 Å². The van der Waals surface area contributed by atoms with Crippen molar-refractivity contribution in [3.63, 3.8) is 0 Å². The SMILES string of the molecule is Nc1cc(C(=O)Nc2ccncc2F)ccn1. The molecule has 2 aromatic rings. The molecule has 3 N–H and O–H groups in total. The fraction of sp³-hybridized carbons (Fsp3) is 0. The molecule has 0 radical (unpaired) electrons. The van der Waals surface area contributed by atoms with Gasteiger partial charge in [0.05, 0.1) is 11.9 Å². The lowest BCUT2D eigenvalue weighted by atomic mass is 10.2. The van der Waals surface area contributed by atoms with E-state index < -0.39 is 11.7 Å². The minimum absolute atomic E-state index is 0.0698. The zero-order valence-corrected chi connectivity index (χ0v) is 8.72. The lowest BCUT2D eigenvalue weighted by molar-refractivity contribution is 0.102. The van der Waals surface area contributed by atoms with Crippen molar-refractivity contribution in [2.45, 2.75) is 0 Å². The van der Waals surface area contributed by atoms with Crippen LogP contribution in [0.25, 0.3) is 0 Å². The number of nitrogen functional groups attached to an aromatic ring is 1. The number of carbonyl (C=O) groups excluding carboxylic acids is 1. The lowest BCUT2D eigenvalue weighted by Crippen LogP contribution is -2.13. The Morgan fingerprint density at radius 3 is 2.88 bits per heavy atom. The average molecular weight is 232 g/mol. The first kappa shape index (κ1) is 11.0. The molecule has 0 unspecified atom stereocenters. The van der Waals surface area contributed by atoms with Gasteiger partial charge in [0.25, 0.3) is 5.91 Å². The molecule has 0 aliphatic heterocycles. The van der Waals surface area contributed by atoms with E-state index in [-0.39, 0.29) is 11.5 Å². The first-order valence-electron chi connectivity index (χ1n) is 4.79. The molecule has 86 valence electrons. The molecule has 2 rings (SSSR count). The Bertz CT molecular complexity index is 559. The molecule has 0 fully saturated rings. The van der Waals surface area contributed by atoms with Crippen LogP contribution in [0, 0.1) is 5.82 Å². The van der Waals surface area contributed by atoms with Crippen LogP contribution in [-0.2, 0) is 0 Å². The van der Waals surface area contributed by atoms with Crippen molar-refractivity contribution < 1.29 is 9.18 Å². The van der Waals surface area contributed by atoms with E-state index in [1.54, 1.807) is 0 Å². The number of aromatic nitrogens is 2. The summed E-state index contributed by atoms with van der Waals surface area (Å²) >= 11 is 0. The lowest BCUT2D eigenvalue weighted by Gasteiger charge is -2.05. The molecular weight excluding hydrogens is 223 g/mol. The monoisotopic (exact) mass is 232 g/mol. The molecule has 17 heavy (non-hydrogen) atoms. The zero-order chi connectivity index (χ0) is 12.3. The predicted molar refractivity (Wildman–Crippen MR) is 60.8 cm³/mol. The second-order valence-corrected chi connectivity index (χ2v) is 3.28. The molecule has 0 saturated heterocycles. The van der Waals surface area contributed by atoms with Gasteiger partial charge in [0.2, 0.25) is 0 Å². The summed E-state index contributed by atoms with van der Waals surface area (Å²) in [7, 11) is 0. The van der Waals surface area contributed by atoms with Crippen LogP contribution in [-0.4, -0.2) is 15.9 Å². The first-order valence-corrected chi connectivity index (χ1v) is 4.79. The van der Waals surface area contributed by atoms with Crippen LogP contribution in [0.1, 0.15) is 10.4 Å². The quantitative estimate of drug-likeness (QED) is 0.821. The highest BCUT2D eigenvalue weighted by atomic mass is 19.1. The minimum atomic E-state index is -0.595. The van der Waals surface area contributed by atoms with Crippen molar-refractivity contribution in [2.24, 2.45) is 0 Å². The molecule has 2 aromatic heterocycles. The van der Waals surface area contributed by atoms with Gasteiger partial charge in [-0.05, 0) is 18.2 Å². The van der Waals surface area contributed by atoms with Crippen molar-refractivity contribution in [3.05, 3.63) is 48.2 Å². The first-order chi connectivity index (χ1) is 8.16. The van der Waals surface area contributed by atoms with E-state index in [1.165, 1.54) is 30.6 Å². The van der Waals surface area contributed by atoms with Gasteiger partial charge in [0.15, 0.2) is 5.82 Å². The predicted octanol–water partition coefficient (Wildman–Crippen LogP) is 1.45. The molecule has 0 spiro atoms. The third-order valence-corrected chi connectivity index (χ3v) is 2.06. The number of anilines is 2.